The molecule has 17 heavy (non-hydrogen) atoms. The molecule has 0 bridgehead atoms. The predicted octanol–water partition coefficient (Wildman–Crippen LogP) is 3.13. The molecule has 0 spiro atoms. The van der Waals surface area contributed by atoms with Gasteiger partial charge in [0.15, 0.2) is 0 Å². The third-order valence-electron chi connectivity index (χ3n) is 2.18. The summed E-state index contributed by atoms with van der Waals surface area (Å²) in [6.07, 6.45) is 1.97. The van der Waals surface area contributed by atoms with Gasteiger partial charge in [-0.05, 0) is 30.7 Å². The van der Waals surface area contributed by atoms with Crippen molar-refractivity contribution in [3.63, 3.8) is 0 Å². The molecule has 0 aliphatic carbocycles. The first kappa shape index (κ1) is 13.9. The van der Waals surface area contributed by atoms with E-state index in [4.69, 9.17) is 9.47 Å². The molecule has 0 saturated carbocycles. The van der Waals surface area contributed by atoms with Gasteiger partial charge in [-0.25, -0.2) is 0 Å². The highest BCUT2D eigenvalue weighted by Crippen LogP contribution is 2.21. The minimum Gasteiger partial charge on any atom is -0.497 e. The second-order valence-corrected chi connectivity index (χ2v) is 4.59. The van der Waals surface area contributed by atoms with Gasteiger partial charge >= 0.3 is 5.97 Å². The van der Waals surface area contributed by atoms with Gasteiger partial charge in [-0.1, -0.05) is 13.3 Å². The van der Waals surface area contributed by atoms with Crippen LogP contribution >= 0.6 is 11.8 Å². The third-order valence-corrected chi connectivity index (χ3v) is 3.16. The van der Waals surface area contributed by atoms with Crippen LogP contribution in [0.15, 0.2) is 29.2 Å². The Hall–Kier alpha value is -1.16. The van der Waals surface area contributed by atoms with E-state index in [1.54, 1.807) is 7.11 Å². The molecule has 0 saturated heterocycles. The maximum atomic E-state index is 11.3. The Morgan fingerprint density at radius 3 is 2.59 bits per heavy atom. The molecular weight excluding hydrogens is 236 g/mol. The number of unbranched alkanes of at least 4 members (excludes halogenated alkanes) is 1. The van der Waals surface area contributed by atoms with E-state index < -0.39 is 0 Å². The summed E-state index contributed by atoms with van der Waals surface area (Å²) >= 11 is 1.48. The summed E-state index contributed by atoms with van der Waals surface area (Å²) in [5, 5.41) is 0. The molecular formula is C13H18O3S. The van der Waals surface area contributed by atoms with Crippen molar-refractivity contribution in [1.29, 1.82) is 0 Å². The zero-order valence-corrected chi connectivity index (χ0v) is 11.1. The molecule has 0 heterocycles. The summed E-state index contributed by atoms with van der Waals surface area (Å²) in [6, 6.07) is 7.63. The maximum Gasteiger partial charge on any atom is 0.316 e. The number of hydrogen-bond donors (Lipinski definition) is 0. The Morgan fingerprint density at radius 1 is 1.29 bits per heavy atom. The first-order chi connectivity index (χ1) is 8.26. The summed E-state index contributed by atoms with van der Waals surface area (Å²) < 4.78 is 10.1. The number of carbonyl (C=O) groups excluding carboxylic acids is 1. The maximum absolute atomic E-state index is 11.3. The number of ether oxygens (including phenoxy) is 2. The Balaban J connectivity index is 2.27. The van der Waals surface area contributed by atoms with E-state index in [-0.39, 0.29) is 5.97 Å². The lowest BCUT2D eigenvalue weighted by molar-refractivity contribution is -0.140. The van der Waals surface area contributed by atoms with E-state index in [1.165, 1.54) is 11.8 Å². The summed E-state index contributed by atoms with van der Waals surface area (Å²) in [5.74, 6) is 1.02. The van der Waals surface area contributed by atoms with Gasteiger partial charge in [-0.3, -0.25) is 4.79 Å². The van der Waals surface area contributed by atoms with Gasteiger partial charge in [0.2, 0.25) is 0 Å². The Kier molecular flexibility index (Phi) is 6.55. The molecule has 4 heteroatoms. The van der Waals surface area contributed by atoms with Gasteiger partial charge in [0.25, 0.3) is 0 Å². The molecule has 94 valence electrons. The first-order valence-electron chi connectivity index (χ1n) is 5.68. The lowest BCUT2D eigenvalue weighted by atomic mass is 10.3. The van der Waals surface area contributed by atoms with Gasteiger partial charge < -0.3 is 9.47 Å². The van der Waals surface area contributed by atoms with Crippen LogP contribution in [0.25, 0.3) is 0 Å². The molecule has 0 aromatic heterocycles. The number of benzene rings is 1. The van der Waals surface area contributed by atoms with E-state index in [0.29, 0.717) is 12.4 Å². The van der Waals surface area contributed by atoms with Gasteiger partial charge in [-0.2, -0.15) is 0 Å². The highest BCUT2D eigenvalue weighted by atomic mass is 32.2. The molecule has 1 aromatic carbocycles. The van der Waals surface area contributed by atoms with Crippen LogP contribution in [0.5, 0.6) is 5.75 Å². The number of carbonyl (C=O) groups is 1. The van der Waals surface area contributed by atoms with Crippen LogP contribution in [0.2, 0.25) is 0 Å². The summed E-state index contributed by atoms with van der Waals surface area (Å²) in [4.78, 5) is 12.4. The number of hydrogen-bond acceptors (Lipinski definition) is 4. The fourth-order valence-electron chi connectivity index (χ4n) is 1.19. The van der Waals surface area contributed by atoms with Crippen molar-refractivity contribution >= 4 is 17.7 Å². The molecule has 0 atom stereocenters. The average molecular weight is 254 g/mol. The zero-order valence-electron chi connectivity index (χ0n) is 10.3. The topological polar surface area (TPSA) is 35.5 Å². The van der Waals surface area contributed by atoms with Crippen LogP contribution in [0.4, 0.5) is 0 Å². The van der Waals surface area contributed by atoms with Crippen molar-refractivity contribution in [1.82, 2.24) is 0 Å². The summed E-state index contributed by atoms with van der Waals surface area (Å²) in [6.45, 7) is 2.60. The van der Waals surface area contributed by atoms with Crippen LogP contribution < -0.4 is 4.74 Å². The van der Waals surface area contributed by atoms with Crippen molar-refractivity contribution in [2.45, 2.75) is 24.7 Å². The highest BCUT2D eigenvalue weighted by Gasteiger charge is 2.03. The van der Waals surface area contributed by atoms with Crippen molar-refractivity contribution in [2.75, 3.05) is 19.5 Å². The molecule has 0 fully saturated rings. The Bertz CT molecular complexity index is 335. The quantitative estimate of drug-likeness (QED) is 0.425. The lowest BCUT2D eigenvalue weighted by Crippen LogP contribution is -2.08. The van der Waals surface area contributed by atoms with Crippen LogP contribution in [0, 0.1) is 0 Å². The fraction of sp³-hybridized carbons (Fsp3) is 0.462. The third kappa shape index (κ3) is 5.63. The van der Waals surface area contributed by atoms with Crippen molar-refractivity contribution in [2.24, 2.45) is 0 Å². The predicted molar refractivity (Wildman–Crippen MR) is 69.6 cm³/mol. The molecule has 0 radical (unpaired) electrons. The normalized spacial score (nSPS) is 10.0. The smallest absolute Gasteiger partial charge is 0.316 e. The van der Waals surface area contributed by atoms with E-state index >= 15 is 0 Å². The highest BCUT2D eigenvalue weighted by molar-refractivity contribution is 8.00. The van der Waals surface area contributed by atoms with Crippen molar-refractivity contribution in [3.05, 3.63) is 24.3 Å². The van der Waals surface area contributed by atoms with E-state index in [1.807, 2.05) is 24.3 Å². The number of thioether (sulfide) groups is 1. The van der Waals surface area contributed by atoms with Crippen LogP contribution in [-0.4, -0.2) is 25.4 Å². The van der Waals surface area contributed by atoms with Crippen LogP contribution in [0.3, 0.4) is 0 Å². The lowest BCUT2D eigenvalue weighted by Gasteiger charge is -2.04. The summed E-state index contributed by atoms with van der Waals surface area (Å²) in [5.41, 5.74) is 0. The van der Waals surface area contributed by atoms with E-state index in [9.17, 15) is 4.79 Å². The monoisotopic (exact) mass is 254 g/mol. The van der Waals surface area contributed by atoms with Crippen LogP contribution in [-0.2, 0) is 9.53 Å². The summed E-state index contributed by atoms with van der Waals surface area (Å²) in [7, 11) is 1.63. The standard InChI is InChI=1S/C13H18O3S/c1-3-4-9-16-13(14)10-17-12-7-5-11(15-2)6-8-12/h5-8H,3-4,9-10H2,1-2H3. The molecule has 0 N–H and O–H groups in total. The molecule has 0 amide bonds. The zero-order chi connectivity index (χ0) is 12.5. The minimum atomic E-state index is -0.153. The second kappa shape index (κ2) is 8.01. The molecule has 1 rings (SSSR count). The first-order valence-corrected chi connectivity index (χ1v) is 6.67. The number of esters is 1. The molecule has 0 aliphatic rings. The SMILES string of the molecule is CCCCOC(=O)CSc1ccc(OC)cc1. The van der Waals surface area contributed by atoms with Crippen LogP contribution in [0.1, 0.15) is 19.8 Å². The number of methoxy groups -OCH3 is 1. The fourth-order valence-corrected chi connectivity index (χ4v) is 1.88. The van der Waals surface area contributed by atoms with E-state index in [0.717, 1.165) is 23.5 Å². The second-order valence-electron chi connectivity index (χ2n) is 3.54. The molecule has 1 aromatic rings. The Morgan fingerprint density at radius 2 is 2.00 bits per heavy atom. The van der Waals surface area contributed by atoms with Gasteiger partial charge in [0.05, 0.1) is 19.5 Å². The Labute approximate surface area is 106 Å². The van der Waals surface area contributed by atoms with Gasteiger partial charge in [-0.15, -0.1) is 11.8 Å². The van der Waals surface area contributed by atoms with E-state index in [2.05, 4.69) is 6.92 Å². The molecule has 0 unspecified atom stereocenters. The minimum absolute atomic E-state index is 0.153. The van der Waals surface area contributed by atoms with Gasteiger partial charge in [0, 0.05) is 4.90 Å². The van der Waals surface area contributed by atoms with Gasteiger partial charge in [0.1, 0.15) is 5.75 Å². The molecule has 3 nitrogen and oxygen atoms in total. The van der Waals surface area contributed by atoms with Crippen molar-refractivity contribution < 1.29 is 14.3 Å². The molecule has 0 aliphatic heterocycles. The average Bonchev–Trinajstić information content (AvgIpc) is 2.37. The largest absolute Gasteiger partial charge is 0.497 e. The van der Waals surface area contributed by atoms with Crippen molar-refractivity contribution in [3.8, 4) is 5.75 Å². The number of rotatable bonds is 7.